The van der Waals surface area contributed by atoms with Crippen molar-refractivity contribution < 1.29 is 13.9 Å². The maximum atomic E-state index is 13.0. The summed E-state index contributed by atoms with van der Waals surface area (Å²) in [6.07, 6.45) is 0. The Morgan fingerprint density at radius 1 is 1.19 bits per heavy atom. The van der Waals surface area contributed by atoms with E-state index in [-0.39, 0.29) is 11.8 Å². The monoisotopic (exact) mass is 415 g/mol. The molecule has 0 spiro atoms. The summed E-state index contributed by atoms with van der Waals surface area (Å²) < 4.78 is 19.1. The van der Waals surface area contributed by atoms with Crippen molar-refractivity contribution in [2.45, 2.75) is 6.54 Å². The van der Waals surface area contributed by atoms with Crippen molar-refractivity contribution in [3.8, 4) is 0 Å². The highest BCUT2D eigenvalue weighted by atomic mass is 79.9. The van der Waals surface area contributed by atoms with Gasteiger partial charge in [0.15, 0.2) is 0 Å². The minimum atomic E-state index is -0.378. The highest BCUT2D eigenvalue weighted by Crippen LogP contribution is 2.25. The molecular weight excluding hydrogens is 405 g/mol. The molecule has 3 nitrogen and oxygen atoms in total. The standard InChI is InChI=1S/C15H12Br2FNO2/c1-21-15(20)9-2-3-10(12(16)6-9)8-19-14-5-4-11(18)7-13(14)17/h2-7,19H,8H2,1H3. The van der Waals surface area contributed by atoms with Gasteiger partial charge in [0.25, 0.3) is 0 Å². The summed E-state index contributed by atoms with van der Waals surface area (Å²) in [6, 6.07) is 9.70. The first-order valence-electron chi connectivity index (χ1n) is 6.07. The topological polar surface area (TPSA) is 38.3 Å². The van der Waals surface area contributed by atoms with Crippen LogP contribution in [0, 0.1) is 5.82 Å². The van der Waals surface area contributed by atoms with Gasteiger partial charge in [0.1, 0.15) is 5.82 Å². The van der Waals surface area contributed by atoms with Crippen molar-refractivity contribution in [3.05, 3.63) is 62.3 Å². The third-order valence-corrected chi connectivity index (χ3v) is 4.27. The van der Waals surface area contributed by atoms with E-state index in [1.54, 1.807) is 18.2 Å². The fourth-order valence-corrected chi connectivity index (χ4v) is 2.77. The SMILES string of the molecule is COC(=O)c1ccc(CNc2ccc(F)cc2Br)c(Br)c1. The van der Waals surface area contributed by atoms with E-state index in [2.05, 4.69) is 41.9 Å². The third-order valence-electron chi connectivity index (χ3n) is 2.87. The van der Waals surface area contributed by atoms with E-state index in [9.17, 15) is 9.18 Å². The second-order valence-corrected chi connectivity index (χ2v) is 5.98. The van der Waals surface area contributed by atoms with Gasteiger partial charge in [0.2, 0.25) is 0 Å². The molecule has 2 rings (SSSR count). The van der Waals surface area contributed by atoms with Crippen molar-refractivity contribution in [2.75, 3.05) is 12.4 Å². The Kier molecular flexibility index (Phi) is 5.36. The van der Waals surface area contributed by atoms with Gasteiger partial charge in [-0.15, -0.1) is 0 Å². The quantitative estimate of drug-likeness (QED) is 0.731. The first kappa shape index (κ1) is 16.0. The highest BCUT2D eigenvalue weighted by molar-refractivity contribution is 9.11. The summed E-state index contributed by atoms with van der Waals surface area (Å²) >= 11 is 6.73. The number of carbonyl (C=O) groups excluding carboxylic acids is 1. The molecule has 0 aromatic heterocycles. The molecule has 0 fully saturated rings. The molecule has 0 radical (unpaired) electrons. The summed E-state index contributed by atoms with van der Waals surface area (Å²) in [5, 5.41) is 3.20. The Bertz CT molecular complexity index is 677. The zero-order valence-electron chi connectivity index (χ0n) is 11.1. The Balaban J connectivity index is 2.11. The number of rotatable bonds is 4. The molecule has 0 saturated heterocycles. The first-order chi connectivity index (χ1) is 10.0. The molecule has 0 saturated carbocycles. The van der Waals surface area contributed by atoms with Crippen LogP contribution in [0.25, 0.3) is 0 Å². The minimum absolute atomic E-state index is 0.295. The lowest BCUT2D eigenvalue weighted by atomic mass is 10.1. The second kappa shape index (κ2) is 7.04. The number of carbonyl (C=O) groups is 1. The van der Waals surface area contributed by atoms with Gasteiger partial charge in [-0.05, 0) is 51.8 Å². The van der Waals surface area contributed by atoms with E-state index in [4.69, 9.17) is 0 Å². The van der Waals surface area contributed by atoms with E-state index in [1.165, 1.54) is 19.2 Å². The Morgan fingerprint density at radius 2 is 1.95 bits per heavy atom. The van der Waals surface area contributed by atoms with Crippen LogP contribution in [0.3, 0.4) is 0 Å². The average Bonchev–Trinajstić information content (AvgIpc) is 2.46. The summed E-state index contributed by atoms with van der Waals surface area (Å²) in [6.45, 7) is 0.534. The van der Waals surface area contributed by atoms with Crippen LogP contribution in [0.4, 0.5) is 10.1 Å². The molecule has 0 unspecified atom stereocenters. The van der Waals surface area contributed by atoms with E-state index in [0.29, 0.717) is 16.6 Å². The van der Waals surface area contributed by atoms with E-state index < -0.39 is 0 Å². The van der Waals surface area contributed by atoms with Gasteiger partial charge in [-0.3, -0.25) is 0 Å². The van der Waals surface area contributed by atoms with Crippen molar-refractivity contribution in [1.82, 2.24) is 0 Å². The maximum Gasteiger partial charge on any atom is 0.337 e. The number of halogens is 3. The highest BCUT2D eigenvalue weighted by Gasteiger charge is 2.09. The first-order valence-corrected chi connectivity index (χ1v) is 7.65. The zero-order chi connectivity index (χ0) is 15.4. The van der Waals surface area contributed by atoms with Crippen LogP contribution >= 0.6 is 31.9 Å². The smallest absolute Gasteiger partial charge is 0.337 e. The molecule has 2 aromatic rings. The van der Waals surface area contributed by atoms with E-state index in [1.807, 2.05) is 6.07 Å². The van der Waals surface area contributed by atoms with Gasteiger partial charge in [0, 0.05) is 21.2 Å². The van der Waals surface area contributed by atoms with Crippen molar-refractivity contribution in [3.63, 3.8) is 0 Å². The molecule has 0 bridgehead atoms. The summed E-state index contributed by atoms with van der Waals surface area (Å²) in [7, 11) is 1.35. The van der Waals surface area contributed by atoms with Crippen LogP contribution in [-0.2, 0) is 11.3 Å². The minimum Gasteiger partial charge on any atom is -0.465 e. The molecule has 1 N–H and O–H groups in total. The fourth-order valence-electron chi connectivity index (χ4n) is 1.76. The largest absolute Gasteiger partial charge is 0.465 e. The van der Waals surface area contributed by atoms with Crippen LogP contribution in [-0.4, -0.2) is 13.1 Å². The van der Waals surface area contributed by atoms with Crippen LogP contribution < -0.4 is 5.32 Å². The number of nitrogens with one attached hydrogen (secondary N) is 1. The zero-order valence-corrected chi connectivity index (χ0v) is 14.3. The lowest BCUT2D eigenvalue weighted by molar-refractivity contribution is 0.0600. The molecule has 0 aliphatic rings. The van der Waals surface area contributed by atoms with Gasteiger partial charge >= 0.3 is 5.97 Å². The van der Waals surface area contributed by atoms with Gasteiger partial charge < -0.3 is 10.1 Å². The molecule has 6 heteroatoms. The van der Waals surface area contributed by atoms with Gasteiger partial charge in [-0.25, -0.2) is 9.18 Å². The van der Waals surface area contributed by atoms with Crippen molar-refractivity contribution in [1.29, 1.82) is 0 Å². The Morgan fingerprint density at radius 3 is 2.57 bits per heavy atom. The summed E-state index contributed by atoms with van der Waals surface area (Å²) in [5.41, 5.74) is 2.25. The second-order valence-electron chi connectivity index (χ2n) is 4.28. The molecule has 2 aromatic carbocycles. The van der Waals surface area contributed by atoms with Gasteiger partial charge in [-0.2, -0.15) is 0 Å². The van der Waals surface area contributed by atoms with E-state index >= 15 is 0 Å². The van der Waals surface area contributed by atoms with Crippen LogP contribution in [0.15, 0.2) is 45.3 Å². The summed E-state index contributed by atoms with van der Waals surface area (Å²) in [4.78, 5) is 11.4. The molecule has 0 amide bonds. The number of anilines is 1. The van der Waals surface area contributed by atoms with Gasteiger partial charge in [-0.1, -0.05) is 22.0 Å². The molecule has 0 aliphatic heterocycles. The normalized spacial score (nSPS) is 10.3. The van der Waals surface area contributed by atoms with Crippen LogP contribution in [0.5, 0.6) is 0 Å². The molecule has 21 heavy (non-hydrogen) atoms. The fraction of sp³-hybridized carbons (Fsp3) is 0.133. The van der Waals surface area contributed by atoms with E-state index in [0.717, 1.165) is 15.7 Å². The predicted octanol–water partition coefficient (Wildman–Crippen LogP) is 4.75. The summed E-state index contributed by atoms with van der Waals surface area (Å²) in [5.74, 6) is -0.674. The molecule has 110 valence electrons. The number of hydrogen-bond donors (Lipinski definition) is 1. The average molecular weight is 417 g/mol. The number of ether oxygens (including phenoxy) is 1. The Hall–Kier alpha value is -1.40. The predicted molar refractivity (Wildman–Crippen MR) is 86.9 cm³/mol. The van der Waals surface area contributed by atoms with Crippen LogP contribution in [0.1, 0.15) is 15.9 Å². The lowest BCUT2D eigenvalue weighted by Crippen LogP contribution is -2.04. The number of hydrogen-bond acceptors (Lipinski definition) is 3. The number of benzene rings is 2. The van der Waals surface area contributed by atoms with Crippen molar-refractivity contribution in [2.24, 2.45) is 0 Å². The number of esters is 1. The molecule has 0 atom stereocenters. The third kappa shape index (κ3) is 4.04. The maximum absolute atomic E-state index is 13.0. The van der Waals surface area contributed by atoms with Gasteiger partial charge in [0.05, 0.1) is 12.7 Å². The van der Waals surface area contributed by atoms with Crippen LogP contribution in [0.2, 0.25) is 0 Å². The molecule has 0 heterocycles. The molecule has 0 aliphatic carbocycles. The Labute approximate surface area is 138 Å². The number of methoxy groups -OCH3 is 1. The lowest BCUT2D eigenvalue weighted by Gasteiger charge is -2.11. The van der Waals surface area contributed by atoms with Crippen molar-refractivity contribution >= 4 is 43.5 Å². The molecular formula is C15H12Br2FNO2.